The van der Waals surface area contributed by atoms with E-state index in [2.05, 4.69) is 44.8 Å². The molecule has 0 aromatic carbocycles. The molecular formula is C36H58N2O5. The highest BCUT2D eigenvalue weighted by Gasteiger charge is 2.71. The number of hydrogen-bond donors (Lipinski definition) is 1. The molecule has 1 heterocycles. The van der Waals surface area contributed by atoms with Gasteiger partial charge in [-0.05, 0) is 104 Å². The summed E-state index contributed by atoms with van der Waals surface area (Å²) in [6.45, 7) is 19.4. The van der Waals surface area contributed by atoms with Crippen molar-refractivity contribution in [3.8, 4) is 0 Å². The molecule has 43 heavy (non-hydrogen) atoms. The minimum Gasteiger partial charge on any atom is -0.465 e. The van der Waals surface area contributed by atoms with Gasteiger partial charge in [0.1, 0.15) is 6.10 Å². The predicted octanol–water partition coefficient (Wildman–Crippen LogP) is 5.99. The molecule has 1 saturated heterocycles. The Labute approximate surface area is 259 Å². The molecule has 10 atom stereocenters. The van der Waals surface area contributed by atoms with Crippen molar-refractivity contribution in [3.05, 3.63) is 0 Å². The number of hydrogen-bond acceptors (Lipinski definition) is 6. The van der Waals surface area contributed by atoms with Gasteiger partial charge in [-0.1, -0.05) is 34.6 Å². The summed E-state index contributed by atoms with van der Waals surface area (Å²) in [5.74, 6) is 1.90. The molecule has 1 N–H and O–H groups in total. The van der Waals surface area contributed by atoms with E-state index >= 15 is 0 Å². The first-order valence-electron chi connectivity index (χ1n) is 17.5. The smallest absolute Gasteiger partial charge is 0.302 e. The van der Waals surface area contributed by atoms with Gasteiger partial charge in [0.2, 0.25) is 5.91 Å². The maximum Gasteiger partial charge on any atom is 0.302 e. The highest BCUT2D eigenvalue weighted by Crippen LogP contribution is 2.77. The van der Waals surface area contributed by atoms with Crippen LogP contribution in [0.15, 0.2) is 0 Å². The highest BCUT2D eigenvalue weighted by atomic mass is 16.5. The standard InChI is InChI=1S/C36H58N2O5/c1-23(39)42-22-36-15-10-25(31(41)38-20-18-37-19-21-38)30(36)26-8-9-28-33(5)13-12-29(43-24(2)40)32(3,4)27(33)11-14-35(28,7)34(26,6)16-17-36/h25-30,37H,8-22H2,1-7H3/t25-,26-,27+,28-,29+,30-,33+,34-,35-,36-/m1/s1. The van der Waals surface area contributed by atoms with E-state index in [9.17, 15) is 14.4 Å². The third-order valence-corrected chi connectivity index (χ3v) is 15.2. The van der Waals surface area contributed by atoms with Crippen LogP contribution in [0.5, 0.6) is 0 Å². The molecule has 6 aliphatic rings. The summed E-state index contributed by atoms with van der Waals surface area (Å²) >= 11 is 0. The Bertz CT molecular complexity index is 1130. The molecule has 6 fully saturated rings. The normalized spacial score (nSPS) is 46.9. The summed E-state index contributed by atoms with van der Waals surface area (Å²) in [5, 5.41) is 3.41. The maximum absolute atomic E-state index is 14.2. The van der Waals surface area contributed by atoms with E-state index in [1.165, 1.54) is 26.2 Å². The molecule has 0 aromatic rings. The van der Waals surface area contributed by atoms with E-state index in [0.717, 1.165) is 71.1 Å². The van der Waals surface area contributed by atoms with Crippen molar-refractivity contribution < 1.29 is 23.9 Å². The Morgan fingerprint density at radius 1 is 0.767 bits per heavy atom. The molecule has 1 amide bonds. The van der Waals surface area contributed by atoms with E-state index in [-0.39, 0.29) is 57.0 Å². The van der Waals surface area contributed by atoms with Crippen molar-refractivity contribution in [2.24, 2.45) is 56.7 Å². The van der Waals surface area contributed by atoms with Crippen molar-refractivity contribution in [2.75, 3.05) is 32.8 Å². The molecule has 0 aromatic heterocycles. The number of carbonyl (C=O) groups is 3. The fourth-order valence-corrected chi connectivity index (χ4v) is 13.0. The molecule has 5 aliphatic carbocycles. The van der Waals surface area contributed by atoms with Gasteiger partial charge >= 0.3 is 11.9 Å². The van der Waals surface area contributed by atoms with Gasteiger partial charge in [-0.15, -0.1) is 0 Å². The second-order valence-corrected chi connectivity index (χ2v) is 17.0. The van der Waals surface area contributed by atoms with Crippen molar-refractivity contribution in [1.82, 2.24) is 10.2 Å². The van der Waals surface area contributed by atoms with E-state index in [1.807, 2.05) is 0 Å². The Kier molecular flexibility index (Phi) is 7.82. The third kappa shape index (κ3) is 4.62. The first-order valence-corrected chi connectivity index (χ1v) is 17.5. The van der Waals surface area contributed by atoms with E-state index < -0.39 is 0 Å². The van der Waals surface area contributed by atoms with Gasteiger partial charge in [0.05, 0.1) is 6.61 Å². The van der Waals surface area contributed by atoms with Gasteiger partial charge in [0, 0.05) is 56.8 Å². The van der Waals surface area contributed by atoms with Gasteiger partial charge < -0.3 is 19.7 Å². The molecule has 242 valence electrons. The zero-order valence-corrected chi connectivity index (χ0v) is 28.1. The number of nitrogens with zero attached hydrogens (tertiary/aromatic N) is 1. The van der Waals surface area contributed by atoms with Crippen molar-refractivity contribution in [3.63, 3.8) is 0 Å². The second kappa shape index (κ2) is 10.7. The number of nitrogens with one attached hydrogen (secondary N) is 1. The Morgan fingerprint density at radius 3 is 2.16 bits per heavy atom. The van der Waals surface area contributed by atoms with Crippen LogP contribution in [-0.2, 0) is 23.9 Å². The number of piperazine rings is 1. The van der Waals surface area contributed by atoms with Crippen molar-refractivity contribution in [2.45, 2.75) is 119 Å². The second-order valence-electron chi connectivity index (χ2n) is 17.0. The van der Waals surface area contributed by atoms with Crippen LogP contribution in [0.4, 0.5) is 0 Å². The molecule has 7 heteroatoms. The molecule has 0 radical (unpaired) electrons. The lowest BCUT2D eigenvalue weighted by Gasteiger charge is -2.73. The number of fused-ring (bicyclic) bond motifs is 7. The SMILES string of the molecule is CC(=O)OC[C@]12CC[C@@H](C(=O)N3CCNCC3)[C@@H]1[C@H]1CC[C@@H]3[C@@]4(C)CC[C@H](OC(C)=O)C(C)(C)[C@@H]4CC[C@@]3(C)[C@]1(C)CC2. The van der Waals surface area contributed by atoms with Gasteiger partial charge in [-0.2, -0.15) is 0 Å². The lowest BCUT2D eigenvalue weighted by Crippen LogP contribution is -2.67. The molecule has 0 bridgehead atoms. The fraction of sp³-hybridized carbons (Fsp3) is 0.917. The van der Waals surface area contributed by atoms with Crippen LogP contribution in [0.25, 0.3) is 0 Å². The molecule has 0 spiro atoms. The van der Waals surface area contributed by atoms with Gasteiger partial charge in [-0.3, -0.25) is 14.4 Å². The quantitative estimate of drug-likeness (QED) is 0.400. The van der Waals surface area contributed by atoms with Gasteiger partial charge in [-0.25, -0.2) is 0 Å². The first kappa shape index (κ1) is 31.4. The average Bonchev–Trinajstić information content (AvgIpc) is 3.34. The number of carbonyl (C=O) groups excluding carboxylic acids is 3. The average molecular weight is 599 g/mol. The van der Waals surface area contributed by atoms with Crippen LogP contribution in [-0.4, -0.2) is 61.6 Å². The summed E-state index contributed by atoms with van der Waals surface area (Å²) in [6.07, 6.45) is 10.9. The van der Waals surface area contributed by atoms with E-state index in [4.69, 9.17) is 9.47 Å². The summed E-state index contributed by atoms with van der Waals surface area (Å²) in [6, 6.07) is 0. The van der Waals surface area contributed by atoms with Crippen molar-refractivity contribution >= 4 is 17.8 Å². The zero-order chi connectivity index (χ0) is 31.0. The number of esters is 2. The monoisotopic (exact) mass is 598 g/mol. The van der Waals surface area contributed by atoms with Crippen LogP contribution in [0.3, 0.4) is 0 Å². The minimum absolute atomic E-state index is 0.00817. The Hall–Kier alpha value is -1.63. The lowest BCUT2D eigenvalue weighted by atomic mass is 9.32. The molecule has 5 saturated carbocycles. The predicted molar refractivity (Wildman–Crippen MR) is 166 cm³/mol. The number of ether oxygens (including phenoxy) is 2. The summed E-state index contributed by atoms with van der Waals surface area (Å²) < 4.78 is 11.8. The number of rotatable bonds is 4. The number of amides is 1. The first-order chi connectivity index (χ1) is 20.2. The molecule has 6 rings (SSSR count). The van der Waals surface area contributed by atoms with Crippen LogP contribution >= 0.6 is 0 Å². The van der Waals surface area contributed by atoms with Crippen LogP contribution < -0.4 is 5.32 Å². The fourth-order valence-electron chi connectivity index (χ4n) is 13.0. The summed E-state index contributed by atoms with van der Waals surface area (Å²) in [4.78, 5) is 40.5. The molecule has 7 nitrogen and oxygen atoms in total. The maximum atomic E-state index is 14.2. The van der Waals surface area contributed by atoms with Gasteiger partial charge in [0.25, 0.3) is 0 Å². The van der Waals surface area contributed by atoms with E-state index in [0.29, 0.717) is 30.3 Å². The van der Waals surface area contributed by atoms with Crippen molar-refractivity contribution in [1.29, 1.82) is 0 Å². The highest BCUT2D eigenvalue weighted by molar-refractivity contribution is 5.80. The zero-order valence-electron chi connectivity index (χ0n) is 28.1. The molecule has 1 aliphatic heterocycles. The Morgan fingerprint density at radius 2 is 1.49 bits per heavy atom. The Balaban J connectivity index is 1.34. The molecular weight excluding hydrogens is 540 g/mol. The summed E-state index contributed by atoms with van der Waals surface area (Å²) in [5.41, 5.74) is 0.398. The minimum atomic E-state index is -0.202. The summed E-state index contributed by atoms with van der Waals surface area (Å²) in [7, 11) is 0. The van der Waals surface area contributed by atoms with E-state index in [1.54, 1.807) is 6.92 Å². The van der Waals surface area contributed by atoms with Crippen LogP contribution in [0, 0.1) is 56.7 Å². The van der Waals surface area contributed by atoms with Gasteiger partial charge in [0.15, 0.2) is 0 Å². The largest absolute Gasteiger partial charge is 0.465 e. The van der Waals surface area contributed by atoms with Crippen LogP contribution in [0.1, 0.15) is 113 Å². The van der Waals surface area contributed by atoms with Crippen LogP contribution in [0.2, 0.25) is 0 Å². The topological polar surface area (TPSA) is 84.9 Å². The molecule has 0 unspecified atom stereocenters. The third-order valence-electron chi connectivity index (χ3n) is 15.2. The lowest BCUT2D eigenvalue weighted by molar-refractivity contribution is -0.252.